The molecule has 0 bridgehead atoms. The Labute approximate surface area is 136 Å². The van der Waals surface area contributed by atoms with E-state index >= 15 is 0 Å². The second kappa shape index (κ2) is 7.32. The molecular weight excluding hydrogens is 298 g/mol. The van der Waals surface area contributed by atoms with Gasteiger partial charge >= 0.3 is 0 Å². The van der Waals surface area contributed by atoms with Gasteiger partial charge in [0.25, 0.3) is 0 Å². The van der Waals surface area contributed by atoms with E-state index in [1.807, 2.05) is 62.5 Å². The van der Waals surface area contributed by atoms with Crippen LogP contribution in [0, 0.1) is 0 Å². The van der Waals surface area contributed by atoms with E-state index in [1.165, 1.54) is 0 Å². The third kappa shape index (κ3) is 4.01. The molecule has 0 aliphatic rings. The molecule has 0 saturated heterocycles. The standard InChI is InChI=1S/C18H20ClNO2/c1-13(15-7-5-8-16(19)12-15)20(2)18(21)11-14-6-4-9-17(10-14)22-3/h4-10,12-13H,11H2,1-3H3. The van der Waals surface area contributed by atoms with Crippen LogP contribution in [-0.2, 0) is 11.2 Å². The first-order valence-corrected chi connectivity index (χ1v) is 7.53. The number of ether oxygens (including phenoxy) is 1. The number of likely N-dealkylation sites (N-methyl/N-ethyl adjacent to an activating group) is 1. The van der Waals surface area contributed by atoms with Crippen molar-refractivity contribution in [3.63, 3.8) is 0 Å². The molecule has 0 N–H and O–H groups in total. The highest BCUT2D eigenvalue weighted by atomic mass is 35.5. The summed E-state index contributed by atoms with van der Waals surface area (Å²) in [6.45, 7) is 2.00. The fourth-order valence-electron chi connectivity index (χ4n) is 2.29. The highest BCUT2D eigenvalue weighted by molar-refractivity contribution is 6.30. The summed E-state index contributed by atoms with van der Waals surface area (Å²) >= 11 is 6.02. The molecular formula is C18H20ClNO2. The third-order valence-electron chi connectivity index (χ3n) is 3.79. The maximum absolute atomic E-state index is 12.5. The van der Waals surface area contributed by atoms with Gasteiger partial charge in [-0.3, -0.25) is 4.79 Å². The molecule has 4 heteroatoms. The molecule has 2 aromatic carbocycles. The van der Waals surface area contributed by atoms with E-state index in [-0.39, 0.29) is 11.9 Å². The average Bonchev–Trinajstić information content (AvgIpc) is 2.53. The lowest BCUT2D eigenvalue weighted by atomic mass is 10.1. The Morgan fingerprint density at radius 2 is 1.95 bits per heavy atom. The SMILES string of the molecule is COc1cccc(CC(=O)N(C)C(C)c2cccc(Cl)c2)c1. The zero-order valence-corrected chi connectivity index (χ0v) is 13.8. The quantitative estimate of drug-likeness (QED) is 0.830. The van der Waals surface area contributed by atoms with E-state index in [4.69, 9.17) is 16.3 Å². The van der Waals surface area contributed by atoms with Crippen molar-refractivity contribution in [2.45, 2.75) is 19.4 Å². The highest BCUT2D eigenvalue weighted by Crippen LogP contribution is 2.23. The van der Waals surface area contributed by atoms with Gasteiger partial charge in [-0.15, -0.1) is 0 Å². The summed E-state index contributed by atoms with van der Waals surface area (Å²) < 4.78 is 5.19. The number of rotatable bonds is 5. The van der Waals surface area contributed by atoms with Crippen LogP contribution >= 0.6 is 11.6 Å². The first kappa shape index (κ1) is 16.4. The van der Waals surface area contributed by atoms with Crippen molar-refractivity contribution < 1.29 is 9.53 Å². The minimum Gasteiger partial charge on any atom is -0.497 e. The monoisotopic (exact) mass is 317 g/mol. The molecule has 1 unspecified atom stereocenters. The zero-order chi connectivity index (χ0) is 16.1. The van der Waals surface area contributed by atoms with Crippen LogP contribution in [0.4, 0.5) is 0 Å². The number of nitrogens with zero attached hydrogens (tertiary/aromatic N) is 1. The number of carbonyl (C=O) groups is 1. The van der Waals surface area contributed by atoms with Crippen LogP contribution in [0.15, 0.2) is 48.5 Å². The van der Waals surface area contributed by atoms with Crippen molar-refractivity contribution in [3.8, 4) is 5.75 Å². The topological polar surface area (TPSA) is 29.5 Å². The van der Waals surface area contributed by atoms with E-state index in [9.17, 15) is 4.79 Å². The molecule has 0 heterocycles. The third-order valence-corrected chi connectivity index (χ3v) is 4.03. The molecule has 0 radical (unpaired) electrons. The van der Waals surface area contributed by atoms with Crippen molar-refractivity contribution in [1.29, 1.82) is 0 Å². The molecule has 0 spiro atoms. The van der Waals surface area contributed by atoms with E-state index in [0.717, 1.165) is 16.9 Å². The molecule has 0 aromatic heterocycles. The number of amides is 1. The summed E-state index contributed by atoms with van der Waals surface area (Å²) in [6, 6.07) is 15.1. The number of hydrogen-bond donors (Lipinski definition) is 0. The summed E-state index contributed by atoms with van der Waals surface area (Å²) in [7, 11) is 3.43. The van der Waals surface area contributed by atoms with Gasteiger partial charge in [-0.2, -0.15) is 0 Å². The summed E-state index contributed by atoms with van der Waals surface area (Å²) in [5.41, 5.74) is 1.96. The second-order valence-corrected chi connectivity index (χ2v) is 5.70. The second-order valence-electron chi connectivity index (χ2n) is 5.26. The molecule has 0 aliphatic carbocycles. The van der Waals surface area contributed by atoms with Gasteiger partial charge in [0, 0.05) is 12.1 Å². The number of methoxy groups -OCH3 is 1. The van der Waals surface area contributed by atoms with E-state index in [1.54, 1.807) is 12.0 Å². The summed E-state index contributed by atoms with van der Waals surface area (Å²) in [6.07, 6.45) is 0.346. The van der Waals surface area contributed by atoms with Crippen LogP contribution in [0.3, 0.4) is 0 Å². The molecule has 3 nitrogen and oxygen atoms in total. The summed E-state index contributed by atoms with van der Waals surface area (Å²) in [5, 5.41) is 0.679. The maximum Gasteiger partial charge on any atom is 0.227 e. The van der Waals surface area contributed by atoms with Gasteiger partial charge in [0.05, 0.1) is 19.6 Å². The predicted molar refractivity (Wildman–Crippen MR) is 89.3 cm³/mol. The molecule has 1 amide bonds. The Bertz CT molecular complexity index is 657. The van der Waals surface area contributed by atoms with Crippen LogP contribution in [0.25, 0.3) is 0 Å². The Hall–Kier alpha value is -2.00. The van der Waals surface area contributed by atoms with Crippen LogP contribution in [0.2, 0.25) is 5.02 Å². The van der Waals surface area contributed by atoms with Gasteiger partial charge in [-0.1, -0.05) is 35.9 Å². The van der Waals surface area contributed by atoms with Crippen molar-refractivity contribution in [2.24, 2.45) is 0 Å². The number of carbonyl (C=O) groups excluding carboxylic acids is 1. The van der Waals surface area contributed by atoms with Crippen molar-refractivity contribution in [3.05, 3.63) is 64.7 Å². The van der Waals surface area contributed by atoms with Gasteiger partial charge in [-0.05, 0) is 42.3 Å². The number of halogens is 1. The van der Waals surface area contributed by atoms with Crippen LogP contribution < -0.4 is 4.74 Å². The Balaban J connectivity index is 2.08. The van der Waals surface area contributed by atoms with Crippen LogP contribution in [0.1, 0.15) is 24.1 Å². The number of hydrogen-bond acceptors (Lipinski definition) is 2. The van der Waals surface area contributed by atoms with E-state index in [0.29, 0.717) is 11.4 Å². The predicted octanol–water partition coefficient (Wildman–Crippen LogP) is 4.11. The molecule has 2 aromatic rings. The minimum atomic E-state index is -0.0307. The first-order chi connectivity index (χ1) is 10.5. The van der Waals surface area contributed by atoms with E-state index < -0.39 is 0 Å². The largest absolute Gasteiger partial charge is 0.497 e. The fraction of sp³-hybridized carbons (Fsp3) is 0.278. The van der Waals surface area contributed by atoms with Gasteiger partial charge in [-0.25, -0.2) is 0 Å². The lowest BCUT2D eigenvalue weighted by molar-refractivity contribution is -0.131. The normalized spacial score (nSPS) is 11.8. The zero-order valence-electron chi connectivity index (χ0n) is 13.0. The average molecular weight is 318 g/mol. The van der Waals surface area contributed by atoms with E-state index in [2.05, 4.69) is 0 Å². The first-order valence-electron chi connectivity index (χ1n) is 7.15. The van der Waals surface area contributed by atoms with Crippen LogP contribution in [-0.4, -0.2) is 25.0 Å². The smallest absolute Gasteiger partial charge is 0.227 e. The molecule has 0 fully saturated rings. The van der Waals surface area contributed by atoms with Gasteiger partial charge < -0.3 is 9.64 Å². The highest BCUT2D eigenvalue weighted by Gasteiger charge is 2.18. The summed E-state index contributed by atoms with van der Waals surface area (Å²) in [5.74, 6) is 0.816. The molecule has 116 valence electrons. The lowest BCUT2D eigenvalue weighted by Crippen LogP contribution is -2.30. The summed E-state index contributed by atoms with van der Waals surface area (Å²) in [4.78, 5) is 14.2. The van der Waals surface area contributed by atoms with Crippen molar-refractivity contribution in [2.75, 3.05) is 14.2 Å². The Morgan fingerprint density at radius 1 is 1.23 bits per heavy atom. The molecule has 0 saturated carbocycles. The Kier molecular flexibility index (Phi) is 5.45. The van der Waals surface area contributed by atoms with Crippen molar-refractivity contribution >= 4 is 17.5 Å². The fourth-order valence-corrected chi connectivity index (χ4v) is 2.49. The van der Waals surface area contributed by atoms with Crippen molar-refractivity contribution in [1.82, 2.24) is 4.90 Å². The molecule has 2 rings (SSSR count). The maximum atomic E-state index is 12.5. The lowest BCUT2D eigenvalue weighted by Gasteiger charge is -2.25. The molecule has 1 atom stereocenters. The Morgan fingerprint density at radius 3 is 2.64 bits per heavy atom. The van der Waals surface area contributed by atoms with Gasteiger partial charge in [0.2, 0.25) is 5.91 Å². The molecule has 0 aliphatic heterocycles. The van der Waals surface area contributed by atoms with Gasteiger partial charge in [0.15, 0.2) is 0 Å². The van der Waals surface area contributed by atoms with Crippen LogP contribution in [0.5, 0.6) is 5.75 Å². The van der Waals surface area contributed by atoms with Gasteiger partial charge in [0.1, 0.15) is 5.75 Å². The molecule has 22 heavy (non-hydrogen) atoms. The number of benzene rings is 2. The minimum absolute atomic E-state index is 0.0307.